The molecule has 0 aliphatic carbocycles. The molecule has 0 radical (unpaired) electrons. The van der Waals surface area contributed by atoms with Crippen LogP contribution < -0.4 is 14.8 Å². The summed E-state index contributed by atoms with van der Waals surface area (Å²) in [7, 11) is 0. The lowest BCUT2D eigenvalue weighted by Gasteiger charge is -2.27. The minimum Gasteiger partial charge on any atom is -0.486 e. The van der Waals surface area contributed by atoms with E-state index in [0.717, 1.165) is 36.4 Å². The number of likely N-dealkylation sites (tertiary alicyclic amines) is 1. The Morgan fingerprint density at radius 1 is 1.22 bits per heavy atom. The van der Waals surface area contributed by atoms with E-state index in [1.165, 1.54) is 0 Å². The van der Waals surface area contributed by atoms with Crippen molar-refractivity contribution >= 4 is 12.0 Å². The molecule has 2 aliphatic rings. The van der Waals surface area contributed by atoms with E-state index in [9.17, 15) is 9.59 Å². The number of amides is 2. The van der Waals surface area contributed by atoms with Crippen LogP contribution in [0.25, 0.3) is 0 Å². The highest BCUT2D eigenvalue weighted by molar-refractivity contribution is 5.78. The molecule has 1 atom stereocenters. The fourth-order valence-corrected chi connectivity index (χ4v) is 3.41. The Balaban J connectivity index is 1.56. The van der Waals surface area contributed by atoms with Crippen LogP contribution in [0.15, 0.2) is 18.2 Å². The van der Waals surface area contributed by atoms with Gasteiger partial charge in [0.05, 0.1) is 6.04 Å². The van der Waals surface area contributed by atoms with Crippen LogP contribution in [0.3, 0.4) is 0 Å². The highest BCUT2D eigenvalue weighted by atomic mass is 16.6. The van der Waals surface area contributed by atoms with Gasteiger partial charge in [-0.1, -0.05) is 6.07 Å². The van der Waals surface area contributed by atoms with Crippen LogP contribution in [0.1, 0.15) is 51.6 Å². The van der Waals surface area contributed by atoms with Crippen LogP contribution in [-0.4, -0.2) is 48.8 Å². The summed E-state index contributed by atoms with van der Waals surface area (Å²) >= 11 is 0. The van der Waals surface area contributed by atoms with Crippen LogP contribution in [0.5, 0.6) is 11.5 Å². The van der Waals surface area contributed by atoms with Crippen molar-refractivity contribution in [2.45, 2.75) is 51.7 Å². The standard InChI is InChI=1S/C20H28N2O5/c1-20(2,3)27-19(24)21-9-8-18(23)22-10-4-5-15(22)14-6-7-16-17(13-14)26-12-11-25-16/h6-7,13,15H,4-5,8-12H2,1-3H3,(H,21,24)/t15-/m1/s1. The lowest BCUT2D eigenvalue weighted by atomic mass is 10.0. The van der Waals surface area contributed by atoms with Crippen molar-refractivity contribution in [1.29, 1.82) is 0 Å². The molecule has 0 aromatic heterocycles. The minimum atomic E-state index is -0.549. The van der Waals surface area contributed by atoms with Crippen molar-refractivity contribution in [2.24, 2.45) is 0 Å². The first-order chi connectivity index (χ1) is 12.8. The number of ether oxygens (including phenoxy) is 3. The van der Waals surface area contributed by atoms with E-state index in [2.05, 4.69) is 5.32 Å². The Morgan fingerprint density at radius 3 is 2.70 bits per heavy atom. The summed E-state index contributed by atoms with van der Waals surface area (Å²) in [6.07, 6.45) is 1.63. The van der Waals surface area contributed by atoms with Gasteiger partial charge in [0.25, 0.3) is 0 Å². The molecule has 2 heterocycles. The normalized spacial score (nSPS) is 18.9. The molecule has 2 aliphatic heterocycles. The zero-order valence-electron chi connectivity index (χ0n) is 16.2. The largest absolute Gasteiger partial charge is 0.486 e. The molecule has 1 aromatic rings. The molecule has 0 spiro atoms. The third kappa shape index (κ3) is 5.05. The van der Waals surface area contributed by atoms with Gasteiger partial charge in [-0.05, 0) is 51.3 Å². The molecule has 3 rings (SSSR count). The Hall–Kier alpha value is -2.44. The molecule has 148 valence electrons. The quantitative estimate of drug-likeness (QED) is 0.874. The summed E-state index contributed by atoms with van der Waals surface area (Å²) in [6.45, 7) is 7.51. The van der Waals surface area contributed by atoms with E-state index < -0.39 is 11.7 Å². The molecule has 27 heavy (non-hydrogen) atoms. The Bertz CT molecular complexity index is 698. The van der Waals surface area contributed by atoms with Crippen molar-refractivity contribution in [3.05, 3.63) is 23.8 Å². The smallest absolute Gasteiger partial charge is 0.407 e. The second-order valence-electron chi connectivity index (χ2n) is 7.83. The Labute approximate surface area is 160 Å². The lowest BCUT2D eigenvalue weighted by molar-refractivity contribution is -0.132. The molecule has 1 saturated heterocycles. The number of carbonyl (C=O) groups excluding carboxylic acids is 2. The lowest BCUT2D eigenvalue weighted by Crippen LogP contribution is -2.36. The number of hydrogen-bond acceptors (Lipinski definition) is 5. The van der Waals surface area contributed by atoms with Crippen LogP contribution in [0.4, 0.5) is 4.79 Å². The van der Waals surface area contributed by atoms with Gasteiger partial charge in [-0.3, -0.25) is 4.79 Å². The number of carbonyl (C=O) groups is 2. The summed E-state index contributed by atoms with van der Waals surface area (Å²) in [6, 6.07) is 5.93. The second-order valence-corrected chi connectivity index (χ2v) is 7.83. The summed E-state index contributed by atoms with van der Waals surface area (Å²) in [5.74, 6) is 1.52. The van der Waals surface area contributed by atoms with Crippen LogP contribution >= 0.6 is 0 Å². The molecule has 0 unspecified atom stereocenters. The molecular weight excluding hydrogens is 348 g/mol. The molecule has 1 fully saturated rings. The molecule has 1 N–H and O–H groups in total. The number of alkyl carbamates (subject to hydrolysis) is 1. The first kappa shape index (κ1) is 19.3. The molecule has 7 nitrogen and oxygen atoms in total. The van der Waals surface area contributed by atoms with Gasteiger partial charge in [0.2, 0.25) is 5.91 Å². The van der Waals surface area contributed by atoms with E-state index in [1.54, 1.807) is 20.8 Å². The van der Waals surface area contributed by atoms with Gasteiger partial charge in [0.15, 0.2) is 11.5 Å². The molecule has 1 aromatic carbocycles. The van der Waals surface area contributed by atoms with Gasteiger partial charge in [-0.15, -0.1) is 0 Å². The predicted octanol–water partition coefficient (Wildman–Crippen LogP) is 3.04. The maximum absolute atomic E-state index is 12.7. The van der Waals surface area contributed by atoms with Crippen molar-refractivity contribution in [3.8, 4) is 11.5 Å². The summed E-state index contributed by atoms with van der Waals surface area (Å²) in [5.41, 5.74) is 0.511. The topological polar surface area (TPSA) is 77.1 Å². The highest BCUT2D eigenvalue weighted by Gasteiger charge is 2.30. The maximum atomic E-state index is 12.7. The van der Waals surface area contributed by atoms with Crippen molar-refractivity contribution in [1.82, 2.24) is 10.2 Å². The van der Waals surface area contributed by atoms with E-state index in [1.807, 2.05) is 23.1 Å². The summed E-state index contributed by atoms with van der Waals surface area (Å²) in [5, 5.41) is 2.64. The number of nitrogens with one attached hydrogen (secondary N) is 1. The minimum absolute atomic E-state index is 0.0310. The van der Waals surface area contributed by atoms with Crippen molar-refractivity contribution in [2.75, 3.05) is 26.3 Å². The van der Waals surface area contributed by atoms with Crippen LogP contribution in [0.2, 0.25) is 0 Å². The molecule has 0 bridgehead atoms. The van der Waals surface area contributed by atoms with Gasteiger partial charge >= 0.3 is 6.09 Å². The number of benzene rings is 1. The van der Waals surface area contributed by atoms with Gasteiger partial charge in [0, 0.05) is 19.5 Å². The van der Waals surface area contributed by atoms with E-state index in [4.69, 9.17) is 14.2 Å². The second kappa shape index (κ2) is 8.06. The average Bonchev–Trinajstić information content (AvgIpc) is 3.09. The van der Waals surface area contributed by atoms with Gasteiger partial charge in [-0.2, -0.15) is 0 Å². The van der Waals surface area contributed by atoms with Crippen molar-refractivity contribution < 1.29 is 23.8 Å². The Morgan fingerprint density at radius 2 is 1.96 bits per heavy atom. The van der Waals surface area contributed by atoms with E-state index in [0.29, 0.717) is 13.2 Å². The van der Waals surface area contributed by atoms with Crippen molar-refractivity contribution in [3.63, 3.8) is 0 Å². The van der Waals surface area contributed by atoms with E-state index >= 15 is 0 Å². The third-order valence-corrected chi connectivity index (χ3v) is 4.53. The molecule has 7 heteroatoms. The zero-order chi connectivity index (χ0) is 19.4. The SMILES string of the molecule is CC(C)(C)OC(=O)NCCC(=O)N1CCC[C@@H]1c1ccc2c(c1)OCCO2. The molecular formula is C20H28N2O5. The average molecular weight is 376 g/mol. The fourth-order valence-electron chi connectivity index (χ4n) is 3.41. The number of hydrogen-bond donors (Lipinski definition) is 1. The number of fused-ring (bicyclic) bond motifs is 1. The number of nitrogens with zero attached hydrogens (tertiary/aromatic N) is 1. The maximum Gasteiger partial charge on any atom is 0.407 e. The summed E-state index contributed by atoms with van der Waals surface area (Å²) in [4.78, 5) is 26.3. The zero-order valence-corrected chi connectivity index (χ0v) is 16.2. The monoisotopic (exact) mass is 376 g/mol. The number of rotatable bonds is 4. The predicted molar refractivity (Wildman–Crippen MR) is 100.0 cm³/mol. The van der Waals surface area contributed by atoms with Crippen LogP contribution in [0, 0.1) is 0 Å². The summed E-state index contributed by atoms with van der Waals surface area (Å²) < 4.78 is 16.4. The Kier molecular flexibility index (Phi) is 5.77. The van der Waals surface area contributed by atoms with E-state index in [-0.39, 0.29) is 24.9 Å². The molecule has 0 saturated carbocycles. The fraction of sp³-hybridized carbons (Fsp3) is 0.600. The first-order valence-electron chi connectivity index (χ1n) is 9.49. The highest BCUT2D eigenvalue weighted by Crippen LogP contribution is 2.38. The van der Waals surface area contributed by atoms with Gasteiger partial charge < -0.3 is 24.4 Å². The third-order valence-electron chi connectivity index (χ3n) is 4.53. The molecule has 2 amide bonds. The van der Waals surface area contributed by atoms with Crippen LogP contribution in [-0.2, 0) is 9.53 Å². The first-order valence-corrected chi connectivity index (χ1v) is 9.49. The van der Waals surface area contributed by atoms with Gasteiger partial charge in [0.1, 0.15) is 18.8 Å². The van der Waals surface area contributed by atoms with Gasteiger partial charge in [-0.25, -0.2) is 4.79 Å².